The van der Waals surface area contributed by atoms with E-state index in [1.807, 2.05) is 6.92 Å². The van der Waals surface area contributed by atoms with E-state index in [1.165, 1.54) is 0 Å². The average Bonchev–Trinajstić information content (AvgIpc) is 2.45. The predicted molar refractivity (Wildman–Crippen MR) is 74.2 cm³/mol. The van der Waals surface area contributed by atoms with Gasteiger partial charge in [0.25, 0.3) is 0 Å². The van der Waals surface area contributed by atoms with Gasteiger partial charge in [-0.05, 0) is 23.7 Å². The van der Waals surface area contributed by atoms with Crippen LogP contribution in [-0.4, -0.2) is 38.6 Å². The number of benzene rings is 1. The van der Waals surface area contributed by atoms with Gasteiger partial charge in [0.1, 0.15) is 12.3 Å². The van der Waals surface area contributed by atoms with Crippen LogP contribution in [0.15, 0.2) is 17.3 Å². The Kier molecular flexibility index (Phi) is 6.84. The molecule has 1 rings (SSSR count). The van der Waals surface area contributed by atoms with Crippen LogP contribution in [-0.2, 0) is 11.2 Å². The van der Waals surface area contributed by atoms with Crippen LogP contribution >= 0.6 is 0 Å². The van der Waals surface area contributed by atoms with Crippen molar-refractivity contribution in [3.8, 4) is 5.75 Å². The van der Waals surface area contributed by atoms with E-state index in [9.17, 15) is 4.91 Å². The Bertz CT molecular complexity index is 410. The molecule has 0 unspecified atom stereocenters. The van der Waals surface area contributed by atoms with Gasteiger partial charge in [0.05, 0.1) is 13.2 Å². The van der Waals surface area contributed by atoms with Gasteiger partial charge in [-0.15, -0.1) is 4.91 Å². The summed E-state index contributed by atoms with van der Waals surface area (Å²) in [5.74, 6) is 0.484. The summed E-state index contributed by atoms with van der Waals surface area (Å²) < 4.78 is 10.5. The fourth-order valence-electron chi connectivity index (χ4n) is 1.78. The number of aliphatic hydroxyl groups is 1. The number of ether oxygens (including phenoxy) is 2. The lowest BCUT2D eigenvalue weighted by Crippen LogP contribution is -2.10. The number of aliphatic hydroxyl groups excluding tert-OH is 1. The van der Waals surface area contributed by atoms with E-state index in [-0.39, 0.29) is 12.3 Å². The Balaban J connectivity index is 3.02. The van der Waals surface area contributed by atoms with Gasteiger partial charge in [0.2, 0.25) is 0 Å². The second-order valence-electron chi connectivity index (χ2n) is 3.88. The Morgan fingerprint density at radius 3 is 2.74 bits per heavy atom. The SMILES string of the molecule is CCc1c(NCCO)ccc(N=O)c1OCCOC. The smallest absolute Gasteiger partial charge is 0.153 e. The monoisotopic (exact) mass is 268 g/mol. The second-order valence-corrected chi connectivity index (χ2v) is 3.88. The standard InChI is InChI=1S/C13H20N2O4/c1-3-10-11(14-6-7-16)4-5-12(15-17)13(10)19-9-8-18-2/h4-5,14,16H,3,6-9H2,1-2H3. The van der Waals surface area contributed by atoms with Gasteiger partial charge in [0.15, 0.2) is 5.75 Å². The van der Waals surface area contributed by atoms with Crippen LogP contribution in [0.2, 0.25) is 0 Å². The molecule has 19 heavy (non-hydrogen) atoms. The summed E-state index contributed by atoms with van der Waals surface area (Å²) in [4.78, 5) is 10.8. The topological polar surface area (TPSA) is 80.2 Å². The van der Waals surface area contributed by atoms with Crippen LogP contribution in [0, 0.1) is 4.91 Å². The van der Waals surface area contributed by atoms with Crippen LogP contribution < -0.4 is 10.1 Å². The van der Waals surface area contributed by atoms with E-state index < -0.39 is 0 Å². The highest BCUT2D eigenvalue weighted by molar-refractivity contribution is 5.67. The zero-order valence-electron chi connectivity index (χ0n) is 11.3. The first-order valence-corrected chi connectivity index (χ1v) is 6.24. The minimum atomic E-state index is 0.0384. The Morgan fingerprint density at radius 2 is 2.16 bits per heavy atom. The van der Waals surface area contributed by atoms with E-state index in [2.05, 4.69) is 10.5 Å². The van der Waals surface area contributed by atoms with Gasteiger partial charge in [-0.3, -0.25) is 0 Å². The van der Waals surface area contributed by atoms with Gasteiger partial charge in [-0.1, -0.05) is 6.92 Å². The van der Waals surface area contributed by atoms with Crippen molar-refractivity contribution in [2.24, 2.45) is 5.18 Å². The summed E-state index contributed by atoms with van der Waals surface area (Å²) in [5.41, 5.74) is 2.00. The summed E-state index contributed by atoms with van der Waals surface area (Å²) >= 11 is 0. The number of hydrogen-bond donors (Lipinski definition) is 2. The van der Waals surface area contributed by atoms with E-state index in [0.29, 0.717) is 31.9 Å². The predicted octanol–water partition coefficient (Wildman–Crippen LogP) is 2.08. The molecular weight excluding hydrogens is 248 g/mol. The van der Waals surface area contributed by atoms with Crippen molar-refractivity contribution in [3.05, 3.63) is 22.6 Å². The quantitative estimate of drug-likeness (QED) is 0.529. The molecule has 0 atom stereocenters. The van der Waals surface area contributed by atoms with Gasteiger partial charge < -0.3 is 19.9 Å². The molecule has 0 fully saturated rings. The molecule has 0 saturated carbocycles. The van der Waals surface area contributed by atoms with Crippen LogP contribution in [0.4, 0.5) is 11.4 Å². The fraction of sp³-hybridized carbons (Fsp3) is 0.538. The molecule has 0 aromatic heterocycles. The molecule has 0 amide bonds. The summed E-state index contributed by atoms with van der Waals surface area (Å²) in [6.07, 6.45) is 0.694. The molecule has 1 aromatic rings. The van der Waals surface area contributed by atoms with Crippen LogP contribution in [0.1, 0.15) is 12.5 Å². The molecule has 0 aliphatic rings. The van der Waals surface area contributed by atoms with Crippen LogP contribution in [0.25, 0.3) is 0 Å². The molecule has 0 bridgehead atoms. The number of methoxy groups -OCH3 is 1. The lowest BCUT2D eigenvalue weighted by molar-refractivity contribution is 0.146. The Labute approximate surface area is 112 Å². The number of hydrogen-bond acceptors (Lipinski definition) is 6. The molecular formula is C13H20N2O4. The highest BCUT2D eigenvalue weighted by Gasteiger charge is 2.14. The largest absolute Gasteiger partial charge is 0.488 e. The third-order valence-electron chi connectivity index (χ3n) is 2.65. The van der Waals surface area contributed by atoms with Gasteiger partial charge in [0, 0.05) is 24.9 Å². The lowest BCUT2D eigenvalue weighted by Gasteiger charge is -2.16. The first-order valence-electron chi connectivity index (χ1n) is 6.24. The molecule has 0 heterocycles. The van der Waals surface area contributed by atoms with E-state index in [1.54, 1.807) is 19.2 Å². The summed E-state index contributed by atoms with van der Waals surface area (Å²) in [7, 11) is 1.59. The maximum atomic E-state index is 10.8. The fourth-order valence-corrected chi connectivity index (χ4v) is 1.78. The number of anilines is 1. The van der Waals surface area contributed by atoms with Gasteiger partial charge in [-0.2, -0.15) is 0 Å². The van der Waals surface area contributed by atoms with Crippen LogP contribution in [0.3, 0.4) is 0 Å². The summed E-state index contributed by atoms with van der Waals surface area (Å²) in [6.45, 7) is 3.25. The first kappa shape index (κ1) is 15.4. The van der Waals surface area contributed by atoms with Gasteiger partial charge >= 0.3 is 0 Å². The minimum absolute atomic E-state index is 0.0384. The summed E-state index contributed by atoms with van der Waals surface area (Å²) in [5, 5.41) is 14.9. The van der Waals surface area contributed by atoms with E-state index in [0.717, 1.165) is 11.3 Å². The second kappa shape index (κ2) is 8.44. The molecule has 0 saturated heterocycles. The van der Waals surface area contributed by atoms with E-state index >= 15 is 0 Å². The van der Waals surface area contributed by atoms with E-state index in [4.69, 9.17) is 14.6 Å². The molecule has 0 aliphatic carbocycles. The van der Waals surface area contributed by atoms with Crippen molar-refractivity contribution in [1.82, 2.24) is 0 Å². The van der Waals surface area contributed by atoms with Crippen LogP contribution in [0.5, 0.6) is 5.75 Å². The molecule has 1 aromatic carbocycles. The Morgan fingerprint density at radius 1 is 1.37 bits per heavy atom. The number of nitrogens with one attached hydrogen (secondary N) is 1. The zero-order valence-corrected chi connectivity index (χ0v) is 11.3. The molecule has 6 nitrogen and oxygen atoms in total. The van der Waals surface area contributed by atoms with Crippen molar-refractivity contribution < 1.29 is 14.6 Å². The molecule has 0 radical (unpaired) electrons. The molecule has 0 aliphatic heterocycles. The molecule has 106 valence electrons. The minimum Gasteiger partial charge on any atom is -0.488 e. The van der Waals surface area contributed by atoms with Gasteiger partial charge in [-0.25, -0.2) is 0 Å². The third-order valence-corrected chi connectivity index (χ3v) is 2.65. The van der Waals surface area contributed by atoms with Crippen molar-refractivity contribution in [2.45, 2.75) is 13.3 Å². The number of nitrogens with zero attached hydrogens (tertiary/aromatic N) is 1. The average molecular weight is 268 g/mol. The maximum absolute atomic E-state index is 10.8. The van der Waals surface area contributed by atoms with Crippen molar-refractivity contribution in [2.75, 3.05) is 38.8 Å². The normalized spacial score (nSPS) is 10.3. The molecule has 6 heteroatoms. The number of rotatable bonds is 9. The highest BCUT2D eigenvalue weighted by Crippen LogP contribution is 2.36. The maximum Gasteiger partial charge on any atom is 0.153 e. The first-order chi connectivity index (χ1) is 9.28. The number of nitroso groups, excluding NO2 is 1. The van der Waals surface area contributed by atoms with Crippen molar-refractivity contribution in [1.29, 1.82) is 0 Å². The summed E-state index contributed by atoms with van der Waals surface area (Å²) in [6, 6.07) is 3.38. The molecule has 0 spiro atoms. The highest BCUT2D eigenvalue weighted by atomic mass is 16.5. The lowest BCUT2D eigenvalue weighted by atomic mass is 10.1. The molecule has 2 N–H and O–H groups in total. The Hall–Kier alpha value is -1.66. The van der Waals surface area contributed by atoms with Crippen molar-refractivity contribution in [3.63, 3.8) is 0 Å². The third kappa shape index (κ3) is 4.18. The van der Waals surface area contributed by atoms with Crippen molar-refractivity contribution >= 4 is 11.4 Å². The zero-order chi connectivity index (χ0) is 14.1.